The van der Waals surface area contributed by atoms with Crippen molar-refractivity contribution in [3.05, 3.63) is 64.6 Å². The summed E-state index contributed by atoms with van der Waals surface area (Å²) in [4.78, 5) is 0. The molecule has 3 aromatic rings. The molecule has 0 amide bonds. The summed E-state index contributed by atoms with van der Waals surface area (Å²) >= 11 is 5.38. The number of thioether (sulfide) groups is 1. The van der Waals surface area contributed by atoms with E-state index in [-0.39, 0.29) is 0 Å². The van der Waals surface area contributed by atoms with E-state index in [1.807, 2.05) is 24.3 Å². The fraction of sp³-hybridized carbons (Fsp3) is 0.300. The molecule has 4 nitrogen and oxygen atoms in total. The monoisotopic (exact) mass is 429 g/mol. The molecule has 0 saturated carbocycles. The second-order valence-electron chi connectivity index (χ2n) is 6.30. The maximum Gasteiger partial charge on any atom is 0.191 e. The zero-order chi connectivity index (χ0) is 17.8. The molecule has 0 spiro atoms. The van der Waals surface area contributed by atoms with Gasteiger partial charge in [-0.15, -0.1) is 10.2 Å². The molecule has 1 fully saturated rings. The molecule has 4 rings (SSSR count). The fourth-order valence-electron chi connectivity index (χ4n) is 3.09. The maximum atomic E-state index is 5.76. The van der Waals surface area contributed by atoms with Crippen molar-refractivity contribution in [3.63, 3.8) is 0 Å². The number of aromatic nitrogens is 3. The van der Waals surface area contributed by atoms with Crippen molar-refractivity contribution in [2.45, 2.75) is 30.6 Å². The van der Waals surface area contributed by atoms with Crippen molar-refractivity contribution in [2.75, 3.05) is 12.4 Å². The van der Waals surface area contributed by atoms with Gasteiger partial charge < -0.3 is 4.74 Å². The van der Waals surface area contributed by atoms with E-state index in [4.69, 9.17) is 4.74 Å². The molecule has 1 aliphatic heterocycles. The standard InChI is InChI=1S/C20H20BrN3OS/c21-18-11-5-4-10-17(18)19-22-23-20(26-14-16-9-6-12-25-16)24(19)13-15-7-2-1-3-8-15/h1-5,7-8,10-11,16H,6,9,12-14H2. The van der Waals surface area contributed by atoms with Crippen LogP contribution in [0, 0.1) is 0 Å². The van der Waals surface area contributed by atoms with Gasteiger partial charge in [0, 0.05) is 22.4 Å². The molecule has 26 heavy (non-hydrogen) atoms. The van der Waals surface area contributed by atoms with Gasteiger partial charge in [-0.3, -0.25) is 4.57 Å². The number of nitrogens with zero attached hydrogens (tertiary/aromatic N) is 3. The van der Waals surface area contributed by atoms with Crippen molar-refractivity contribution >= 4 is 27.7 Å². The van der Waals surface area contributed by atoms with Crippen LogP contribution >= 0.6 is 27.7 Å². The lowest BCUT2D eigenvalue weighted by atomic mass is 10.2. The molecule has 134 valence electrons. The van der Waals surface area contributed by atoms with Crippen molar-refractivity contribution in [1.29, 1.82) is 0 Å². The summed E-state index contributed by atoms with van der Waals surface area (Å²) in [5, 5.41) is 9.94. The van der Waals surface area contributed by atoms with Crippen LogP contribution in [0.5, 0.6) is 0 Å². The Balaban J connectivity index is 1.66. The molecule has 0 radical (unpaired) electrons. The van der Waals surface area contributed by atoms with Crippen LogP contribution in [0.1, 0.15) is 18.4 Å². The summed E-state index contributed by atoms with van der Waals surface area (Å²) in [6.45, 7) is 1.63. The van der Waals surface area contributed by atoms with E-state index in [2.05, 4.69) is 61.0 Å². The van der Waals surface area contributed by atoms with Crippen LogP contribution in [0.25, 0.3) is 11.4 Å². The second-order valence-corrected chi connectivity index (χ2v) is 8.15. The van der Waals surface area contributed by atoms with Gasteiger partial charge in [0.25, 0.3) is 0 Å². The lowest BCUT2D eigenvalue weighted by molar-refractivity contribution is 0.129. The Hall–Kier alpha value is -1.63. The van der Waals surface area contributed by atoms with Crippen LogP contribution < -0.4 is 0 Å². The van der Waals surface area contributed by atoms with Gasteiger partial charge in [0.05, 0.1) is 12.6 Å². The smallest absolute Gasteiger partial charge is 0.191 e. The highest BCUT2D eigenvalue weighted by molar-refractivity contribution is 9.10. The molecule has 2 heterocycles. The third kappa shape index (κ3) is 4.03. The molecular formula is C20H20BrN3OS. The molecule has 2 aromatic carbocycles. The highest BCUT2D eigenvalue weighted by atomic mass is 79.9. The van der Waals surface area contributed by atoms with Gasteiger partial charge in [0.1, 0.15) is 0 Å². The van der Waals surface area contributed by atoms with Crippen LogP contribution in [0.3, 0.4) is 0 Å². The Kier molecular flexibility index (Phi) is 5.72. The van der Waals surface area contributed by atoms with E-state index in [9.17, 15) is 0 Å². The average Bonchev–Trinajstić information content (AvgIpc) is 3.32. The molecule has 1 aliphatic rings. The number of hydrogen-bond acceptors (Lipinski definition) is 4. The minimum atomic E-state index is 0.328. The van der Waals surface area contributed by atoms with Crippen LogP contribution in [0.2, 0.25) is 0 Å². The number of hydrogen-bond donors (Lipinski definition) is 0. The highest BCUT2D eigenvalue weighted by Crippen LogP contribution is 2.31. The van der Waals surface area contributed by atoms with Gasteiger partial charge in [-0.05, 0) is 24.5 Å². The summed E-state index contributed by atoms with van der Waals surface area (Å²) < 4.78 is 8.99. The van der Waals surface area contributed by atoms with Crippen molar-refractivity contribution in [3.8, 4) is 11.4 Å². The van der Waals surface area contributed by atoms with E-state index < -0.39 is 0 Å². The molecule has 0 bridgehead atoms. The third-order valence-corrected chi connectivity index (χ3v) is 6.23. The normalized spacial score (nSPS) is 16.9. The van der Waals surface area contributed by atoms with Crippen LogP contribution in [-0.4, -0.2) is 33.2 Å². The van der Waals surface area contributed by atoms with Gasteiger partial charge in [0.15, 0.2) is 11.0 Å². The lowest BCUT2D eigenvalue weighted by Gasteiger charge is -2.13. The summed E-state index contributed by atoms with van der Waals surface area (Å²) in [6.07, 6.45) is 2.62. The minimum absolute atomic E-state index is 0.328. The Bertz CT molecular complexity index is 863. The van der Waals surface area contributed by atoms with E-state index in [0.717, 1.165) is 52.8 Å². The largest absolute Gasteiger partial charge is 0.377 e. The Morgan fingerprint density at radius 1 is 1.08 bits per heavy atom. The summed E-state index contributed by atoms with van der Waals surface area (Å²) in [5.41, 5.74) is 2.29. The number of halogens is 1. The van der Waals surface area contributed by atoms with Crippen LogP contribution in [0.15, 0.2) is 64.2 Å². The number of benzene rings is 2. The second kappa shape index (κ2) is 8.37. The molecule has 0 aliphatic carbocycles. The first-order valence-electron chi connectivity index (χ1n) is 8.77. The summed E-state index contributed by atoms with van der Waals surface area (Å²) in [5.74, 6) is 1.80. The van der Waals surface area contributed by atoms with Crippen molar-refractivity contribution < 1.29 is 4.74 Å². The van der Waals surface area contributed by atoms with Crippen LogP contribution in [-0.2, 0) is 11.3 Å². The fourth-order valence-corrected chi connectivity index (χ4v) is 4.55. The number of rotatable bonds is 6. The molecule has 1 atom stereocenters. The molecule has 1 saturated heterocycles. The highest BCUT2D eigenvalue weighted by Gasteiger charge is 2.20. The third-order valence-electron chi connectivity index (χ3n) is 4.44. The first kappa shape index (κ1) is 17.8. The predicted octanol–water partition coefficient (Wildman–Crippen LogP) is 5.03. The zero-order valence-electron chi connectivity index (χ0n) is 14.3. The lowest BCUT2D eigenvalue weighted by Crippen LogP contribution is -2.10. The van der Waals surface area contributed by atoms with E-state index in [1.54, 1.807) is 11.8 Å². The average molecular weight is 430 g/mol. The maximum absolute atomic E-state index is 5.76. The Morgan fingerprint density at radius 2 is 1.88 bits per heavy atom. The minimum Gasteiger partial charge on any atom is -0.377 e. The predicted molar refractivity (Wildman–Crippen MR) is 108 cm³/mol. The van der Waals surface area contributed by atoms with Crippen molar-refractivity contribution in [1.82, 2.24) is 14.8 Å². The quantitative estimate of drug-likeness (QED) is 0.515. The molecule has 0 N–H and O–H groups in total. The summed E-state index contributed by atoms with van der Waals surface area (Å²) in [7, 11) is 0. The first-order chi connectivity index (χ1) is 12.8. The van der Waals surface area contributed by atoms with Crippen LogP contribution in [0.4, 0.5) is 0 Å². The first-order valence-corrected chi connectivity index (χ1v) is 10.6. The number of ether oxygens (including phenoxy) is 1. The zero-order valence-corrected chi connectivity index (χ0v) is 16.7. The van der Waals surface area contributed by atoms with Crippen molar-refractivity contribution in [2.24, 2.45) is 0 Å². The molecule has 1 aromatic heterocycles. The van der Waals surface area contributed by atoms with E-state index in [0.29, 0.717) is 6.10 Å². The topological polar surface area (TPSA) is 39.9 Å². The van der Waals surface area contributed by atoms with Gasteiger partial charge in [-0.1, -0.05) is 76.2 Å². The van der Waals surface area contributed by atoms with Gasteiger partial charge >= 0.3 is 0 Å². The summed E-state index contributed by atoms with van der Waals surface area (Å²) in [6, 6.07) is 18.6. The molecule has 6 heteroatoms. The SMILES string of the molecule is Brc1ccccc1-c1nnc(SCC2CCCO2)n1Cc1ccccc1. The van der Waals surface area contributed by atoms with Gasteiger partial charge in [-0.2, -0.15) is 0 Å². The van der Waals surface area contributed by atoms with Gasteiger partial charge in [-0.25, -0.2) is 0 Å². The van der Waals surface area contributed by atoms with E-state index in [1.165, 1.54) is 5.56 Å². The van der Waals surface area contributed by atoms with E-state index >= 15 is 0 Å². The Morgan fingerprint density at radius 3 is 2.65 bits per heavy atom. The van der Waals surface area contributed by atoms with Gasteiger partial charge in [0.2, 0.25) is 0 Å². The molecule has 1 unspecified atom stereocenters. The Labute approximate surface area is 166 Å². The molecular weight excluding hydrogens is 410 g/mol.